The van der Waals surface area contributed by atoms with E-state index in [1.165, 1.54) is 25.3 Å². The Morgan fingerprint density at radius 2 is 2.04 bits per heavy atom. The maximum absolute atomic E-state index is 12.6. The molecule has 0 bridgehead atoms. The van der Waals surface area contributed by atoms with E-state index in [1.807, 2.05) is 5.10 Å². The number of nitrogens with zero attached hydrogens (tertiary/aromatic N) is 1. The molecule has 9 heteroatoms. The van der Waals surface area contributed by atoms with Crippen molar-refractivity contribution in [1.29, 1.82) is 0 Å². The number of H-pyrrole nitrogens is 1. The van der Waals surface area contributed by atoms with Crippen LogP contribution in [0.4, 0.5) is 13.2 Å². The molecule has 2 N–H and O–H groups in total. The number of carbonyl (C=O) groups excluding carboxylic acids is 2. The summed E-state index contributed by atoms with van der Waals surface area (Å²) in [5.41, 5.74) is -0.284. The number of aromatic amines is 1. The molecule has 1 aromatic heterocycles. The molecule has 0 unspecified atom stereocenters. The first-order chi connectivity index (χ1) is 11.3. The van der Waals surface area contributed by atoms with Crippen molar-refractivity contribution in [3.8, 4) is 11.3 Å². The van der Waals surface area contributed by atoms with E-state index in [4.69, 9.17) is 0 Å². The van der Waals surface area contributed by atoms with Gasteiger partial charge in [0.15, 0.2) is 0 Å². The lowest BCUT2D eigenvalue weighted by atomic mass is 10.1. The Morgan fingerprint density at radius 1 is 1.29 bits per heavy atom. The lowest BCUT2D eigenvalue weighted by Crippen LogP contribution is -2.26. The molecule has 0 aliphatic rings. The number of alkyl halides is 3. The van der Waals surface area contributed by atoms with E-state index in [2.05, 4.69) is 15.2 Å². The summed E-state index contributed by atoms with van der Waals surface area (Å²) < 4.78 is 42.2. The largest absolute Gasteiger partial charge is 0.469 e. The van der Waals surface area contributed by atoms with Crippen LogP contribution in [-0.4, -0.2) is 35.7 Å². The molecule has 0 aliphatic heterocycles. The molecule has 0 saturated heterocycles. The Bertz CT molecular complexity index is 741. The Hall–Kier alpha value is -2.84. The summed E-state index contributed by atoms with van der Waals surface area (Å²) in [5, 5.41) is 8.06. The molecule has 2 aromatic rings. The monoisotopic (exact) mass is 341 g/mol. The second kappa shape index (κ2) is 7.16. The molecule has 0 fully saturated rings. The van der Waals surface area contributed by atoms with Crippen LogP contribution in [0.1, 0.15) is 22.5 Å². The molecular weight excluding hydrogens is 327 g/mol. The summed E-state index contributed by atoms with van der Waals surface area (Å²) in [6.07, 6.45) is -4.50. The number of rotatable bonds is 5. The third-order valence-corrected chi connectivity index (χ3v) is 3.15. The number of aromatic nitrogens is 2. The highest BCUT2D eigenvalue weighted by Crippen LogP contribution is 2.30. The van der Waals surface area contributed by atoms with Crippen molar-refractivity contribution < 1.29 is 27.5 Å². The lowest BCUT2D eigenvalue weighted by molar-refractivity contribution is -0.141. The van der Waals surface area contributed by atoms with Crippen molar-refractivity contribution in [2.45, 2.75) is 12.6 Å². The lowest BCUT2D eigenvalue weighted by Gasteiger charge is -2.05. The van der Waals surface area contributed by atoms with E-state index in [9.17, 15) is 22.8 Å². The zero-order valence-corrected chi connectivity index (χ0v) is 12.6. The number of esters is 1. The molecular formula is C15H14F3N3O3. The van der Waals surface area contributed by atoms with Gasteiger partial charge in [-0.1, -0.05) is 12.1 Å². The van der Waals surface area contributed by atoms with Gasteiger partial charge in [-0.3, -0.25) is 14.7 Å². The van der Waals surface area contributed by atoms with Gasteiger partial charge in [0, 0.05) is 17.7 Å². The van der Waals surface area contributed by atoms with Crippen LogP contribution in [0.2, 0.25) is 0 Å². The van der Waals surface area contributed by atoms with E-state index < -0.39 is 23.7 Å². The number of ether oxygens (including phenoxy) is 1. The minimum atomic E-state index is -4.52. The van der Waals surface area contributed by atoms with E-state index in [0.717, 1.165) is 6.07 Å². The van der Waals surface area contributed by atoms with Crippen molar-refractivity contribution in [2.24, 2.45) is 0 Å². The summed E-state index contributed by atoms with van der Waals surface area (Å²) in [4.78, 5) is 23.0. The number of carbonyl (C=O) groups is 2. The second-order valence-electron chi connectivity index (χ2n) is 4.83. The zero-order chi connectivity index (χ0) is 17.7. The fourth-order valence-electron chi connectivity index (χ4n) is 1.92. The summed E-state index contributed by atoms with van der Waals surface area (Å²) in [5.74, 6) is -0.910. The predicted octanol–water partition coefficient (Wildman–Crippen LogP) is 2.39. The smallest absolute Gasteiger partial charge is 0.432 e. The van der Waals surface area contributed by atoms with Crippen molar-refractivity contribution in [1.82, 2.24) is 15.5 Å². The van der Waals surface area contributed by atoms with E-state index in [1.54, 1.807) is 6.07 Å². The summed E-state index contributed by atoms with van der Waals surface area (Å²) in [6, 6.07) is 6.88. The van der Waals surface area contributed by atoms with Gasteiger partial charge in [-0.05, 0) is 18.2 Å². The molecule has 6 nitrogen and oxygen atoms in total. The Kier molecular flexibility index (Phi) is 5.22. The highest BCUT2D eigenvalue weighted by molar-refractivity contribution is 5.95. The molecule has 0 aliphatic carbocycles. The normalized spacial score (nSPS) is 11.2. The van der Waals surface area contributed by atoms with E-state index >= 15 is 0 Å². The molecule has 1 aromatic carbocycles. The minimum absolute atomic E-state index is 0.0240. The molecule has 0 saturated carbocycles. The number of hydrogen-bond acceptors (Lipinski definition) is 4. The van der Waals surface area contributed by atoms with Gasteiger partial charge in [-0.25, -0.2) is 0 Å². The standard InChI is InChI=1S/C15H14F3N3O3/c1-24-13(22)5-6-19-14(23)10-4-2-3-9(7-10)11-8-12(21-20-11)15(16,17)18/h2-4,7-8H,5-6H2,1H3,(H,19,23)(H,20,21). The molecule has 2 rings (SSSR count). The quantitative estimate of drug-likeness (QED) is 0.818. The van der Waals surface area contributed by atoms with Gasteiger partial charge in [-0.2, -0.15) is 18.3 Å². The third kappa shape index (κ3) is 4.34. The van der Waals surface area contributed by atoms with E-state index in [-0.39, 0.29) is 24.2 Å². The molecule has 0 radical (unpaired) electrons. The molecule has 0 spiro atoms. The van der Waals surface area contributed by atoms with Gasteiger partial charge in [0.25, 0.3) is 5.91 Å². The van der Waals surface area contributed by atoms with Gasteiger partial charge >= 0.3 is 12.1 Å². The first-order valence-corrected chi connectivity index (χ1v) is 6.89. The zero-order valence-electron chi connectivity index (χ0n) is 12.6. The van der Waals surface area contributed by atoms with Crippen LogP contribution < -0.4 is 5.32 Å². The van der Waals surface area contributed by atoms with Crippen LogP contribution in [0.25, 0.3) is 11.3 Å². The van der Waals surface area contributed by atoms with Gasteiger partial charge in [0.05, 0.1) is 19.2 Å². The van der Waals surface area contributed by atoms with Crippen LogP contribution in [-0.2, 0) is 15.7 Å². The maximum Gasteiger partial charge on any atom is 0.432 e. The first kappa shape index (κ1) is 17.5. The number of methoxy groups -OCH3 is 1. The van der Waals surface area contributed by atoms with Crippen molar-refractivity contribution in [2.75, 3.05) is 13.7 Å². The molecule has 128 valence electrons. The summed E-state index contributed by atoms with van der Waals surface area (Å²) in [7, 11) is 1.24. The topological polar surface area (TPSA) is 84.1 Å². The average Bonchev–Trinajstić information content (AvgIpc) is 3.05. The third-order valence-electron chi connectivity index (χ3n) is 3.15. The maximum atomic E-state index is 12.6. The number of amides is 1. The molecule has 1 heterocycles. The fraction of sp³-hybridized carbons (Fsp3) is 0.267. The van der Waals surface area contributed by atoms with Gasteiger partial charge in [0.1, 0.15) is 5.69 Å². The van der Waals surface area contributed by atoms with Crippen LogP contribution in [0.3, 0.4) is 0 Å². The minimum Gasteiger partial charge on any atom is -0.469 e. The van der Waals surface area contributed by atoms with Crippen molar-refractivity contribution in [3.63, 3.8) is 0 Å². The van der Waals surface area contributed by atoms with Gasteiger partial charge in [0.2, 0.25) is 0 Å². The molecule has 24 heavy (non-hydrogen) atoms. The Morgan fingerprint density at radius 3 is 2.67 bits per heavy atom. The van der Waals surface area contributed by atoms with Crippen LogP contribution in [0.5, 0.6) is 0 Å². The number of benzene rings is 1. The van der Waals surface area contributed by atoms with E-state index in [0.29, 0.717) is 5.56 Å². The number of hydrogen-bond donors (Lipinski definition) is 2. The van der Waals surface area contributed by atoms with Crippen LogP contribution in [0, 0.1) is 0 Å². The molecule has 1 amide bonds. The number of halogens is 3. The van der Waals surface area contributed by atoms with Crippen LogP contribution in [0.15, 0.2) is 30.3 Å². The van der Waals surface area contributed by atoms with Gasteiger partial charge < -0.3 is 10.1 Å². The van der Waals surface area contributed by atoms with Crippen molar-refractivity contribution >= 4 is 11.9 Å². The highest BCUT2D eigenvalue weighted by atomic mass is 19.4. The summed E-state index contributed by atoms with van der Waals surface area (Å²) >= 11 is 0. The average molecular weight is 341 g/mol. The Labute approximate surface area is 135 Å². The van der Waals surface area contributed by atoms with Crippen LogP contribution >= 0.6 is 0 Å². The SMILES string of the molecule is COC(=O)CCNC(=O)c1cccc(-c2cc(C(F)(F)F)[nH]n2)c1. The molecule has 0 atom stereocenters. The second-order valence-corrected chi connectivity index (χ2v) is 4.83. The van der Waals surface area contributed by atoms with Gasteiger partial charge in [-0.15, -0.1) is 0 Å². The summed E-state index contributed by atoms with van der Waals surface area (Å²) in [6.45, 7) is 0.0936. The van der Waals surface area contributed by atoms with Crippen molar-refractivity contribution in [3.05, 3.63) is 41.6 Å². The highest BCUT2D eigenvalue weighted by Gasteiger charge is 2.33. The first-order valence-electron chi connectivity index (χ1n) is 6.89. The predicted molar refractivity (Wildman–Crippen MR) is 78.0 cm³/mol. The number of nitrogens with one attached hydrogen (secondary N) is 2. The Balaban J connectivity index is 2.10. The fourth-order valence-corrected chi connectivity index (χ4v) is 1.92.